The summed E-state index contributed by atoms with van der Waals surface area (Å²) in [4.78, 5) is 0. The Morgan fingerprint density at radius 1 is 0.933 bits per heavy atom. The molecule has 0 saturated carbocycles. The van der Waals surface area contributed by atoms with Crippen LogP contribution < -0.4 is 0 Å². The third-order valence-corrected chi connectivity index (χ3v) is 2.89. The Bertz CT molecular complexity index is 267. The maximum atomic E-state index is 2.31. The van der Waals surface area contributed by atoms with E-state index < -0.39 is 0 Å². The molecule has 0 aliphatic heterocycles. The molecule has 0 fully saturated rings. The van der Waals surface area contributed by atoms with Gasteiger partial charge in [-0.15, -0.1) is 0 Å². The van der Waals surface area contributed by atoms with Crippen LogP contribution in [-0.4, -0.2) is 0 Å². The largest absolute Gasteiger partial charge is 0.210 e. The van der Waals surface area contributed by atoms with E-state index in [4.69, 9.17) is 0 Å². The molecule has 1 heteroatoms. The quantitative estimate of drug-likeness (QED) is 0.663. The minimum atomic E-state index is 0. The van der Waals surface area contributed by atoms with Gasteiger partial charge in [0, 0.05) is 25.8 Å². The third kappa shape index (κ3) is 3.34. The Hall–Kier alpha value is 0.220. The maximum Gasteiger partial charge on any atom is 0 e. The Morgan fingerprint density at radius 2 is 1.47 bits per heavy atom. The Balaban J connectivity index is 0.00000196. The van der Waals surface area contributed by atoms with Gasteiger partial charge in [-0.2, -0.15) is 22.8 Å². The van der Waals surface area contributed by atoms with E-state index in [0.29, 0.717) is 17.8 Å². The first kappa shape index (κ1) is 15.2. The smallest absolute Gasteiger partial charge is 0 e. The Labute approximate surface area is 114 Å². The zero-order valence-electron chi connectivity index (χ0n) is 11.0. The predicted molar refractivity (Wildman–Crippen MR) is 64.3 cm³/mol. The van der Waals surface area contributed by atoms with Crippen molar-refractivity contribution in [3.63, 3.8) is 0 Å². The first-order chi connectivity index (χ1) is 6.45. The standard InChI is InChI=1S/C14H23.Sc/c1-9(2)12-7-8-13(10(3)4)14(12)11(5)6;/h7-11H,1-6H3;/q-1;. The summed E-state index contributed by atoms with van der Waals surface area (Å²) >= 11 is 0. The van der Waals surface area contributed by atoms with Crippen molar-refractivity contribution >= 4 is 0 Å². The summed E-state index contributed by atoms with van der Waals surface area (Å²) in [6, 6.07) is 4.63. The first-order valence-corrected chi connectivity index (χ1v) is 5.74. The van der Waals surface area contributed by atoms with Crippen molar-refractivity contribution in [2.45, 2.75) is 59.3 Å². The van der Waals surface area contributed by atoms with Gasteiger partial charge in [0.25, 0.3) is 0 Å². The van der Waals surface area contributed by atoms with Gasteiger partial charge in [-0.1, -0.05) is 53.4 Å². The molecule has 0 atom stereocenters. The second kappa shape index (κ2) is 6.08. The van der Waals surface area contributed by atoms with Crippen LogP contribution >= 0.6 is 0 Å². The van der Waals surface area contributed by atoms with Crippen LogP contribution in [0.4, 0.5) is 0 Å². The number of hydrogen-bond acceptors (Lipinski definition) is 0. The molecule has 1 radical (unpaired) electrons. The fourth-order valence-corrected chi connectivity index (χ4v) is 2.20. The van der Waals surface area contributed by atoms with Crippen LogP contribution in [0, 0.1) is 0 Å². The molecule has 0 unspecified atom stereocenters. The average Bonchev–Trinajstić information content (AvgIpc) is 2.46. The fraction of sp³-hybridized carbons (Fsp3) is 0.643. The van der Waals surface area contributed by atoms with E-state index in [1.54, 1.807) is 16.7 Å². The molecule has 0 N–H and O–H groups in total. The summed E-state index contributed by atoms with van der Waals surface area (Å²) < 4.78 is 0. The second-order valence-electron chi connectivity index (χ2n) is 5.12. The van der Waals surface area contributed by atoms with Crippen LogP contribution in [0.2, 0.25) is 0 Å². The predicted octanol–water partition coefficient (Wildman–Crippen LogP) is 4.77. The van der Waals surface area contributed by atoms with Crippen LogP contribution in [0.25, 0.3) is 0 Å². The van der Waals surface area contributed by atoms with Crippen LogP contribution in [0.5, 0.6) is 0 Å². The van der Waals surface area contributed by atoms with Crippen LogP contribution in [-0.2, 0) is 25.8 Å². The molecule has 0 nitrogen and oxygen atoms in total. The first-order valence-electron chi connectivity index (χ1n) is 5.74. The molecule has 1 aromatic carbocycles. The fourth-order valence-electron chi connectivity index (χ4n) is 2.20. The topological polar surface area (TPSA) is 0 Å². The minimum Gasteiger partial charge on any atom is -0.210 e. The van der Waals surface area contributed by atoms with E-state index in [9.17, 15) is 0 Å². The molecule has 0 aromatic heterocycles. The van der Waals surface area contributed by atoms with Crippen molar-refractivity contribution in [1.29, 1.82) is 0 Å². The van der Waals surface area contributed by atoms with Gasteiger partial charge in [-0.05, 0) is 5.92 Å². The molecular weight excluding hydrogens is 213 g/mol. The summed E-state index contributed by atoms with van der Waals surface area (Å²) in [5.74, 6) is 1.96. The summed E-state index contributed by atoms with van der Waals surface area (Å²) in [5.41, 5.74) is 4.68. The average molecular weight is 236 g/mol. The van der Waals surface area contributed by atoms with Gasteiger partial charge in [0.2, 0.25) is 0 Å². The molecule has 0 saturated heterocycles. The molecule has 83 valence electrons. The molecular formula is C14H23Sc-. The van der Waals surface area contributed by atoms with E-state index in [0.717, 1.165) is 0 Å². The molecule has 0 spiro atoms. The Morgan fingerprint density at radius 3 is 1.80 bits per heavy atom. The van der Waals surface area contributed by atoms with Crippen molar-refractivity contribution in [1.82, 2.24) is 0 Å². The molecule has 0 bridgehead atoms. The van der Waals surface area contributed by atoms with Gasteiger partial charge in [0.05, 0.1) is 0 Å². The molecule has 1 rings (SSSR count). The molecule has 15 heavy (non-hydrogen) atoms. The SMILES string of the molecule is CC(C)c1cc[c-](C(C)C)c1C(C)C.[Sc]. The summed E-state index contributed by atoms with van der Waals surface area (Å²) in [5, 5.41) is 0. The molecule has 1 aromatic rings. The zero-order chi connectivity index (χ0) is 10.9. The normalized spacial score (nSPS) is 11.3. The van der Waals surface area contributed by atoms with Crippen LogP contribution in [0.15, 0.2) is 12.1 Å². The monoisotopic (exact) mass is 236 g/mol. The molecule has 0 aliphatic rings. The summed E-state index contributed by atoms with van der Waals surface area (Å²) in [6.45, 7) is 13.7. The van der Waals surface area contributed by atoms with E-state index in [2.05, 4.69) is 53.7 Å². The van der Waals surface area contributed by atoms with Crippen molar-refractivity contribution in [3.8, 4) is 0 Å². The summed E-state index contributed by atoms with van der Waals surface area (Å²) in [7, 11) is 0. The second-order valence-corrected chi connectivity index (χ2v) is 5.12. The number of hydrogen-bond donors (Lipinski definition) is 0. The van der Waals surface area contributed by atoms with Gasteiger partial charge < -0.3 is 0 Å². The third-order valence-electron chi connectivity index (χ3n) is 2.89. The van der Waals surface area contributed by atoms with E-state index >= 15 is 0 Å². The summed E-state index contributed by atoms with van der Waals surface area (Å²) in [6.07, 6.45) is 0. The molecule has 0 aliphatic carbocycles. The maximum absolute atomic E-state index is 2.31. The molecule has 0 amide bonds. The van der Waals surface area contributed by atoms with Gasteiger partial charge in [-0.25, -0.2) is 6.07 Å². The zero-order valence-corrected chi connectivity index (χ0v) is 12.8. The van der Waals surface area contributed by atoms with Gasteiger partial charge >= 0.3 is 0 Å². The van der Waals surface area contributed by atoms with Crippen molar-refractivity contribution in [2.75, 3.05) is 0 Å². The van der Waals surface area contributed by atoms with Gasteiger partial charge in [-0.3, -0.25) is 0 Å². The van der Waals surface area contributed by atoms with Crippen molar-refractivity contribution in [2.24, 2.45) is 0 Å². The van der Waals surface area contributed by atoms with Gasteiger partial charge in [0.1, 0.15) is 0 Å². The van der Waals surface area contributed by atoms with E-state index in [1.807, 2.05) is 0 Å². The Kier molecular flexibility index (Phi) is 6.17. The van der Waals surface area contributed by atoms with Crippen LogP contribution in [0.3, 0.4) is 0 Å². The van der Waals surface area contributed by atoms with Gasteiger partial charge in [0.15, 0.2) is 0 Å². The minimum absolute atomic E-state index is 0. The number of rotatable bonds is 3. The van der Waals surface area contributed by atoms with Crippen molar-refractivity contribution < 1.29 is 25.8 Å². The van der Waals surface area contributed by atoms with Crippen molar-refractivity contribution in [3.05, 3.63) is 28.8 Å². The molecule has 0 heterocycles. The van der Waals surface area contributed by atoms with Crippen LogP contribution in [0.1, 0.15) is 76.0 Å². The van der Waals surface area contributed by atoms with E-state index in [1.165, 1.54) is 0 Å². The van der Waals surface area contributed by atoms with E-state index in [-0.39, 0.29) is 25.8 Å².